The molecule has 2 heterocycles. The standard InChI is InChI=1S/C24H23N3O5S/c1-15(2)32-19-10-8-18(9-11-19)27-22(28)12-7-16-13-21(26-23(16)27)24(29)25-17-5-4-6-20(14-17)33(3,30)31/h4-15,26H,1-3H3,(H,25,29). The predicted octanol–water partition coefficient (Wildman–Crippen LogP) is 3.76. The molecule has 2 aromatic heterocycles. The van der Waals surface area contributed by atoms with Gasteiger partial charge >= 0.3 is 0 Å². The number of aromatic nitrogens is 2. The molecule has 2 N–H and O–H groups in total. The fraction of sp³-hybridized carbons (Fsp3) is 0.167. The van der Waals surface area contributed by atoms with Gasteiger partial charge in [0.1, 0.15) is 17.1 Å². The van der Waals surface area contributed by atoms with E-state index in [1.54, 1.807) is 48.5 Å². The largest absolute Gasteiger partial charge is 0.491 e. The van der Waals surface area contributed by atoms with Gasteiger partial charge in [-0.2, -0.15) is 0 Å². The van der Waals surface area contributed by atoms with E-state index in [9.17, 15) is 18.0 Å². The van der Waals surface area contributed by atoms with Gasteiger partial charge in [0.15, 0.2) is 9.84 Å². The number of fused-ring (bicyclic) bond motifs is 1. The first-order valence-electron chi connectivity index (χ1n) is 10.3. The van der Waals surface area contributed by atoms with E-state index in [0.717, 1.165) is 6.26 Å². The Balaban J connectivity index is 1.68. The number of hydrogen-bond acceptors (Lipinski definition) is 5. The molecule has 0 unspecified atom stereocenters. The summed E-state index contributed by atoms with van der Waals surface area (Å²) < 4.78 is 30.7. The number of rotatable bonds is 6. The minimum Gasteiger partial charge on any atom is -0.491 e. The first kappa shape index (κ1) is 22.3. The summed E-state index contributed by atoms with van der Waals surface area (Å²) in [5.74, 6) is 0.230. The molecule has 0 atom stereocenters. The number of carbonyl (C=O) groups is 1. The zero-order chi connectivity index (χ0) is 23.8. The normalized spacial score (nSPS) is 11.6. The summed E-state index contributed by atoms with van der Waals surface area (Å²) in [7, 11) is -3.40. The Morgan fingerprint density at radius 3 is 2.42 bits per heavy atom. The highest BCUT2D eigenvalue weighted by molar-refractivity contribution is 7.90. The van der Waals surface area contributed by atoms with Gasteiger partial charge in [0, 0.05) is 23.4 Å². The first-order valence-corrected chi connectivity index (χ1v) is 12.1. The van der Waals surface area contributed by atoms with E-state index in [1.807, 2.05) is 13.8 Å². The highest BCUT2D eigenvalue weighted by Crippen LogP contribution is 2.22. The van der Waals surface area contributed by atoms with E-state index >= 15 is 0 Å². The quantitative estimate of drug-likeness (QED) is 0.451. The van der Waals surface area contributed by atoms with Crippen molar-refractivity contribution in [2.24, 2.45) is 0 Å². The number of amides is 1. The van der Waals surface area contributed by atoms with Crippen molar-refractivity contribution in [3.05, 3.63) is 82.8 Å². The molecule has 0 aliphatic rings. The number of hydrogen-bond donors (Lipinski definition) is 2. The molecule has 9 heteroatoms. The number of ether oxygens (including phenoxy) is 1. The van der Waals surface area contributed by atoms with Crippen LogP contribution in [0.3, 0.4) is 0 Å². The lowest BCUT2D eigenvalue weighted by Crippen LogP contribution is -2.18. The van der Waals surface area contributed by atoms with Crippen LogP contribution >= 0.6 is 0 Å². The molecule has 0 spiro atoms. The Kier molecular flexibility index (Phi) is 5.82. The van der Waals surface area contributed by atoms with Crippen LogP contribution in [0.15, 0.2) is 76.4 Å². The maximum absolute atomic E-state index is 12.8. The predicted molar refractivity (Wildman–Crippen MR) is 127 cm³/mol. The lowest BCUT2D eigenvalue weighted by molar-refractivity contribution is 0.102. The number of carbonyl (C=O) groups excluding carboxylic acids is 1. The van der Waals surface area contributed by atoms with Gasteiger partial charge in [-0.1, -0.05) is 6.07 Å². The molecule has 0 aliphatic carbocycles. The lowest BCUT2D eigenvalue weighted by atomic mass is 10.2. The molecule has 0 bridgehead atoms. The summed E-state index contributed by atoms with van der Waals surface area (Å²) in [5.41, 5.74) is 1.41. The maximum atomic E-state index is 12.8. The third kappa shape index (κ3) is 4.83. The summed E-state index contributed by atoms with van der Waals surface area (Å²) in [6.45, 7) is 3.87. The van der Waals surface area contributed by atoms with Crippen LogP contribution < -0.4 is 15.6 Å². The van der Waals surface area contributed by atoms with Gasteiger partial charge in [0.25, 0.3) is 11.5 Å². The number of pyridine rings is 1. The third-order valence-electron chi connectivity index (χ3n) is 4.91. The van der Waals surface area contributed by atoms with Crippen LogP contribution in [0.5, 0.6) is 5.75 Å². The van der Waals surface area contributed by atoms with Gasteiger partial charge in [-0.3, -0.25) is 14.2 Å². The van der Waals surface area contributed by atoms with Crippen molar-refractivity contribution in [2.45, 2.75) is 24.8 Å². The van der Waals surface area contributed by atoms with Crippen molar-refractivity contribution in [3.63, 3.8) is 0 Å². The lowest BCUT2D eigenvalue weighted by Gasteiger charge is -2.11. The van der Waals surface area contributed by atoms with Crippen LogP contribution in [0.2, 0.25) is 0 Å². The molecule has 1 amide bonds. The SMILES string of the molecule is CC(C)Oc1ccc(-n2c(=O)ccc3cc(C(=O)Nc4cccc(S(C)(=O)=O)c4)[nH]c32)cc1. The molecule has 0 fully saturated rings. The van der Waals surface area contributed by atoms with Crippen molar-refractivity contribution < 1.29 is 17.9 Å². The molecule has 170 valence electrons. The number of benzene rings is 2. The Morgan fingerprint density at radius 1 is 1.03 bits per heavy atom. The fourth-order valence-electron chi connectivity index (χ4n) is 3.45. The zero-order valence-corrected chi connectivity index (χ0v) is 19.1. The summed E-state index contributed by atoms with van der Waals surface area (Å²) in [4.78, 5) is 28.6. The molecule has 0 saturated carbocycles. The molecule has 8 nitrogen and oxygen atoms in total. The summed E-state index contributed by atoms with van der Waals surface area (Å²) in [6.07, 6.45) is 1.14. The number of sulfone groups is 1. The molecule has 0 radical (unpaired) electrons. The van der Waals surface area contributed by atoms with Gasteiger partial charge in [-0.15, -0.1) is 0 Å². The van der Waals surface area contributed by atoms with Crippen molar-refractivity contribution in [1.82, 2.24) is 9.55 Å². The van der Waals surface area contributed by atoms with Gasteiger partial charge in [0.2, 0.25) is 0 Å². The molecular weight excluding hydrogens is 442 g/mol. The van der Waals surface area contributed by atoms with Crippen LogP contribution in [0, 0.1) is 0 Å². The van der Waals surface area contributed by atoms with Gasteiger partial charge in [0.05, 0.1) is 16.7 Å². The zero-order valence-electron chi connectivity index (χ0n) is 18.3. The van der Waals surface area contributed by atoms with Crippen LogP contribution in [0.1, 0.15) is 24.3 Å². The minimum atomic E-state index is -3.40. The van der Waals surface area contributed by atoms with Crippen LogP contribution in [-0.2, 0) is 9.84 Å². The fourth-order valence-corrected chi connectivity index (χ4v) is 4.11. The van der Waals surface area contributed by atoms with E-state index in [4.69, 9.17) is 4.74 Å². The van der Waals surface area contributed by atoms with E-state index in [2.05, 4.69) is 10.3 Å². The average molecular weight is 466 g/mol. The molecule has 4 aromatic rings. The number of nitrogens with zero attached hydrogens (tertiary/aromatic N) is 1. The molecule has 0 saturated heterocycles. The Hall–Kier alpha value is -3.85. The topological polar surface area (TPSA) is 110 Å². The van der Waals surface area contributed by atoms with E-state index < -0.39 is 15.7 Å². The number of nitrogens with one attached hydrogen (secondary N) is 2. The van der Waals surface area contributed by atoms with Crippen molar-refractivity contribution in [2.75, 3.05) is 11.6 Å². The Morgan fingerprint density at radius 2 is 1.76 bits per heavy atom. The molecule has 33 heavy (non-hydrogen) atoms. The average Bonchev–Trinajstić information content (AvgIpc) is 3.18. The number of anilines is 1. The van der Waals surface area contributed by atoms with E-state index in [0.29, 0.717) is 28.2 Å². The maximum Gasteiger partial charge on any atom is 0.272 e. The smallest absolute Gasteiger partial charge is 0.272 e. The molecule has 2 aromatic carbocycles. The highest BCUT2D eigenvalue weighted by atomic mass is 32.2. The summed E-state index contributed by atoms with van der Waals surface area (Å²) in [6, 6.07) is 17.8. The van der Waals surface area contributed by atoms with Crippen molar-refractivity contribution >= 4 is 32.5 Å². The number of aromatic amines is 1. The second kappa shape index (κ2) is 8.59. The van der Waals surface area contributed by atoms with Gasteiger partial charge in [-0.05, 0) is 68.4 Å². The second-order valence-corrected chi connectivity index (χ2v) is 9.92. The third-order valence-corrected chi connectivity index (χ3v) is 6.02. The number of H-pyrrole nitrogens is 1. The van der Waals surface area contributed by atoms with E-state index in [1.165, 1.54) is 22.8 Å². The first-order chi connectivity index (χ1) is 15.6. The minimum absolute atomic E-state index is 0.0320. The summed E-state index contributed by atoms with van der Waals surface area (Å²) >= 11 is 0. The van der Waals surface area contributed by atoms with Crippen LogP contribution in [0.25, 0.3) is 16.7 Å². The second-order valence-electron chi connectivity index (χ2n) is 7.91. The molecular formula is C24H23N3O5S. The van der Waals surface area contributed by atoms with Crippen LogP contribution in [-0.4, -0.2) is 36.2 Å². The molecule has 4 rings (SSSR count). The van der Waals surface area contributed by atoms with Gasteiger partial charge < -0.3 is 15.0 Å². The summed E-state index contributed by atoms with van der Waals surface area (Å²) in [5, 5.41) is 3.37. The monoisotopic (exact) mass is 465 g/mol. The molecule has 0 aliphatic heterocycles. The Labute approximate surface area is 190 Å². The van der Waals surface area contributed by atoms with Crippen molar-refractivity contribution in [3.8, 4) is 11.4 Å². The van der Waals surface area contributed by atoms with Gasteiger partial charge in [-0.25, -0.2) is 8.42 Å². The highest BCUT2D eigenvalue weighted by Gasteiger charge is 2.15. The van der Waals surface area contributed by atoms with E-state index in [-0.39, 0.29) is 22.3 Å². The van der Waals surface area contributed by atoms with Crippen molar-refractivity contribution in [1.29, 1.82) is 0 Å². The Bertz CT molecular complexity index is 1500. The van der Waals surface area contributed by atoms with Crippen LogP contribution in [0.4, 0.5) is 5.69 Å².